The van der Waals surface area contributed by atoms with Crippen LogP contribution in [0.5, 0.6) is 0 Å². The van der Waals surface area contributed by atoms with Gasteiger partial charge in [-0.05, 0) is 24.3 Å². The monoisotopic (exact) mass is 222 g/mol. The van der Waals surface area contributed by atoms with Crippen LogP contribution in [0, 0.1) is 0 Å². The van der Waals surface area contributed by atoms with Crippen LogP contribution in [0.1, 0.15) is 10.4 Å². The minimum Gasteiger partial charge on any atom is -0.378 e. The number of urea groups is 1. The first kappa shape index (κ1) is 11.8. The van der Waals surface area contributed by atoms with Gasteiger partial charge in [-0.2, -0.15) is 0 Å². The van der Waals surface area contributed by atoms with Gasteiger partial charge in [0.2, 0.25) is 0 Å². The molecule has 0 aliphatic rings. The molecule has 1 rings (SSSR count). The average molecular weight is 222 g/mol. The number of carbonyl (C=O) groups excluding carboxylic acids is 2. The maximum Gasteiger partial charge on any atom is 0.330 e. The zero-order chi connectivity index (χ0) is 12.1. The van der Waals surface area contributed by atoms with Gasteiger partial charge in [-0.15, -0.1) is 0 Å². The lowest BCUT2D eigenvalue weighted by Gasteiger charge is -2.12. The maximum atomic E-state index is 11.4. The number of benzene rings is 1. The molecule has 0 saturated carbocycles. The first-order valence-electron chi connectivity index (χ1n) is 4.64. The van der Waals surface area contributed by atoms with Gasteiger partial charge in [-0.25, -0.2) is 10.2 Å². The van der Waals surface area contributed by atoms with E-state index in [4.69, 9.17) is 5.73 Å². The summed E-state index contributed by atoms with van der Waals surface area (Å²) in [7, 11) is 3.81. The number of primary amides is 1. The molecule has 1 aromatic rings. The molecule has 0 aliphatic carbocycles. The summed E-state index contributed by atoms with van der Waals surface area (Å²) in [6, 6.07) is 6.12. The molecule has 86 valence electrons. The van der Waals surface area contributed by atoms with Crippen LogP contribution in [0.3, 0.4) is 0 Å². The van der Waals surface area contributed by atoms with E-state index in [0.29, 0.717) is 5.56 Å². The molecule has 0 bridgehead atoms. The van der Waals surface area contributed by atoms with Crippen LogP contribution in [0.25, 0.3) is 0 Å². The van der Waals surface area contributed by atoms with E-state index in [1.54, 1.807) is 24.3 Å². The summed E-state index contributed by atoms with van der Waals surface area (Å²) in [6.07, 6.45) is 0. The van der Waals surface area contributed by atoms with Gasteiger partial charge >= 0.3 is 6.03 Å². The largest absolute Gasteiger partial charge is 0.378 e. The normalized spacial score (nSPS) is 9.38. The predicted octanol–water partition coefficient (Wildman–Crippen LogP) is 0.0657. The van der Waals surface area contributed by atoms with Gasteiger partial charge in [0.25, 0.3) is 5.91 Å². The number of nitrogens with two attached hydrogens (primary N) is 1. The van der Waals surface area contributed by atoms with Crippen molar-refractivity contribution in [2.24, 2.45) is 5.73 Å². The van der Waals surface area contributed by atoms with Crippen molar-refractivity contribution >= 4 is 17.6 Å². The first-order chi connectivity index (χ1) is 7.50. The number of carbonyl (C=O) groups is 2. The Kier molecular flexibility index (Phi) is 3.71. The number of nitrogens with zero attached hydrogens (tertiary/aromatic N) is 1. The number of nitrogens with one attached hydrogen (secondary N) is 2. The topological polar surface area (TPSA) is 87.5 Å². The summed E-state index contributed by atoms with van der Waals surface area (Å²) in [5, 5.41) is 0. The molecule has 0 aliphatic heterocycles. The third-order valence-electron chi connectivity index (χ3n) is 1.95. The number of anilines is 1. The van der Waals surface area contributed by atoms with Crippen LogP contribution >= 0.6 is 0 Å². The van der Waals surface area contributed by atoms with E-state index < -0.39 is 11.9 Å². The Morgan fingerprint density at radius 3 is 2.12 bits per heavy atom. The number of amides is 3. The first-order valence-corrected chi connectivity index (χ1v) is 4.64. The van der Waals surface area contributed by atoms with E-state index >= 15 is 0 Å². The molecule has 6 nitrogen and oxygen atoms in total. The van der Waals surface area contributed by atoms with Crippen molar-refractivity contribution in [3.8, 4) is 0 Å². The molecule has 16 heavy (non-hydrogen) atoms. The van der Waals surface area contributed by atoms with Crippen LogP contribution in [-0.4, -0.2) is 26.0 Å². The Balaban J connectivity index is 2.66. The number of hydrazine groups is 1. The second kappa shape index (κ2) is 5.01. The van der Waals surface area contributed by atoms with E-state index in [9.17, 15) is 9.59 Å². The van der Waals surface area contributed by atoms with Crippen molar-refractivity contribution in [2.75, 3.05) is 19.0 Å². The Labute approximate surface area is 93.4 Å². The maximum absolute atomic E-state index is 11.4. The summed E-state index contributed by atoms with van der Waals surface area (Å²) in [6.45, 7) is 0. The number of hydrogen-bond donors (Lipinski definition) is 3. The molecule has 0 unspecified atom stereocenters. The molecule has 0 saturated heterocycles. The summed E-state index contributed by atoms with van der Waals surface area (Å²) >= 11 is 0. The van der Waals surface area contributed by atoms with Crippen LogP contribution < -0.4 is 21.5 Å². The SMILES string of the molecule is CN(C)c1ccc(C(=O)NNC(N)=O)cc1. The van der Waals surface area contributed by atoms with Crippen molar-refractivity contribution < 1.29 is 9.59 Å². The van der Waals surface area contributed by atoms with Crippen molar-refractivity contribution in [1.82, 2.24) is 10.9 Å². The average Bonchev–Trinajstić information content (AvgIpc) is 2.26. The van der Waals surface area contributed by atoms with Crippen molar-refractivity contribution in [1.29, 1.82) is 0 Å². The van der Waals surface area contributed by atoms with Crippen LogP contribution in [0.15, 0.2) is 24.3 Å². The van der Waals surface area contributed by atoms with Crippen molar-refractivity contribution in [2.45, 2.75) is 0 Å². The zero-order valence-electron chi connectivity index (χ0n) is 9.15. The molecule has 0 aromatic heterocycles. The Morgan fingerprint density at radius 1 is 1.12 bits per heavy atom. The molecular formula is C10H14N4O2. The van der Waals surface area contributed by atoms with Crippen molar-refractivity contribution in [3.63, 3.8) is 0 Å². The second-order valence-electron chi connectivity index (χ2n) is 3.38. The second-order valence-corrected chi connectivity index (χ2v) is 3.38. The number of hydrogen-bond acceptors (Lipinski definition) is 3. The summed E-state index contributed by atoms with van der Waals surface area (Å²) in [5.41, 5.74) is 10.4. The summed E-state index contributed by atoms with van der Waals surface area (Å²) < 4.78 is 0. The molecule has 3 amide bonds. The van der Waals surface area contributed by atoms with Gasteiger partial charge in [-0.3, -0.25) is 10.2 Å². The fraction of sp³-hybridized carbons (Fsp3) is 0.200. The molecule has 6 heteroatoms. The molecule has 1 aromatic carbocycles. The summed E-state index contributed by atoms with van der Waals surface area (Å²) in [4.78, 5) is 23.7. The predicted molar refractivity (Wildman–Crippen MR) is 61.0 cm³/mol. The zero-order valence-corrected chi connectivity index (χ0v) is 9.15. The summed E-state index contributed by atoms with van der Waals surface area (Å²) in [5.74, 6) is -0.413. The lowest BCUT2D eigenvalue weighted by Crippen LogP contribution is -2.44. The molecule has 0 atom stereocenters. The quantitative estimate of drug-likeness (QED) is 0.618. The minimum atomic E-state index is -0.807. The van der Waals surface area contributed by atoms with Gasteiger partial charge in [0.15, 0.2) is 0 Å². The van der Waals surface area contributed by atoms with E-state index in [0.717, 1.165) is 5.69 Å². The lowest BCUT2D eigenvalue weighted by molar-refractivity contribution is 0.0937. The van der Waals surface area contributed by atoms with Crippen LogP contribution in [0.2, 0.25) is 0 Å². The number of rotatable bonds is 2. The highest BCUT2D eigenvalue weighted by atomic mass is 16.2. The van der Waals surface area contributed by atoms with Gasteiger partial charge < -0.3 is 10.6 Å². The Hall–Kier alpha value is -2.24. The Bertz CT molecular complexity index is 386. The highest BCUT2D eigenvalue weighted by molar-refractivity contribution is 5.95. The van der Waals surface area contributed by atoms with Crippen LogP contribution in [-0.2, 0) is 0 Å². The van der Waals surface area contributed by atoms with Gasteiger partial charge in [0.05, 0.1) is 0 Å². The van der Waals surface area contributed by atoms with Gasteiger partial charge in [-0.1, -0.05) is 0 Å². The van der Waals surface area contributed by atoms with E-state index in [2.05, 4.69) is 5.43 Å². The third-order valence-corrected chi connectivity index (χ3v) is 1.95. The highest BCUT2D eigenvalue weighted by Gasteiger charge is 2.05. The van der Waals surface area contributed by atoms with Crippen LogP contribution in [0.4, 0.5) is 10.5 Å². The van der Waals surface area contributed by atoms with Gasteiger partial charge in [0.1, 0.15) is 0 Å². The molecule has 4 N–H and O–H groups in total. The fourth-order valence-corrected chi connectivity index (χ4v) is 1.10. The molecule has 0 fully saturated rings. The molecule has 0 heterocycles. The van der Waals surface area contributed by atoms with Crippen molar-refractivity contribution in [3.05, 3.63) is 29.8 Å². The Morgan fingerprint density at radius 2 is 1.69 bits per heavy atom. The lowest BCUT2D eigenvalue weighted by atomic mass is 10.2. The van der Waals surface area contributed by atoms with Gasteiger partial charge in [0, 0.05) is 25.3 Å². The van der Waals surface area contributed by atoms with E-state index in [1.807, 2.05) is 24.4 Å². The minimum absolute atomic E-state index is 0.413. The molecule has 0 spiro atoms. The fourth-order valence-electron chi connectivity index (χ4n) is 1.10. The van der Waals surface area contributed by atoms with E-state index in [1.165, 1.54) is 0 Å². The molecular weight excluding hydrogens is 208 g/mol. The highest BCUT2D eigenvalue weighted by Crippen LogP contribution is 2.11. The van der Waals surface area contributed by atoms with E-state index in [-0.39, 0.29) is 0 Å². The standard InChI is InChI=1S/C10H14N4O2/c1-14(2)8-5-3-7(4-6-8)9(15)12-13-10(11)16/h3-6H,1-2H3,(H,12,15)(H3,11,13,16). The smallest absolute Gasteiger partial charge is 0.330 e. The third kappa shape index (κ3) is 3.16. The molecule has 0 radical (unpaired) electrons.